The van der Waals surface area contributed by atoms with Gasteiger partial charge in [-0.15, -0.1) is 0 Å². The summed E-state index contributed by atoms with van der Waals surface area (Å²) >= 11 is 12.2. The minimum atomic E-state index is -0.389. The number of amides is 3. The molecule has 1 aliphatic heterocycles. The summed E-state index contributed by atoms with van der Waals surface area (Å²) in [5.74, 6) is -0.588. The number of nitrogens with zero attached hydrogens (tertiary/aromatic N) is 2. The summed E-state index contributed by atoms with van der Waals surface area (Å²) < 4.78 is 5.12. The molecule has 1 aliphatic rings. The number of halogens is 2. The highest BCUT2D eigenvalue weighted by Gasteiger charge is 2.27. The fraction of sp³-hybridized carbons (Fsp3) is 0.208. The van der Waals surface area contributed by atoms with Gasteiger partial charge >= 0.3 is 0 Å². The van der Waals surface area contributed by atoms with Crippen LogP contribution in [0.25, 0.3) is 0 Å². The third kappa shape index (κ3) is 4.89. The van der Waals surface area contributed by atoms with Crippen molar-refractivity contribution in [1.82, 2.24) is 9.80 Å². The van der Waals surface area contributed by atoms with Gasteiger partial charge in [0.15, 0.2) is 5.76 Å². The molecule has 1 fully saturated rings. The Labute approximate surface area is 200 Å². The molecule has 170 valence electrons. The van der Waals surface area contributed by atoms with E-state index in [1.807, 2.05) is 6.92 Å². The van der Waals surface area contributed by atoms with Crippen LogP contribution in [-0.4, -0.2) is 53.7 Å². The summed E-state index contributed by atoms with van der Waals surface area (Å²) in [5, 5.41) is 3.33. The van der Waals surface area contributed by atoms with Gasteiger partial charge in [0, 0.05) is 37.4 Å². The zero-order chi connectivity index (χ0) is 23.5. The molecule has 1 aromatic heterocycles. The first kappa shape index (κ1) is 22.9. The summed E-state index contributed by atoms with van der Waals surface area (Å²) in [6.45, 7) is 3.36. The van der Waals surface area contributed by atoms with E-state index in [0.717, 1.165) is 5.56 Å². The quantitative estimate of drug-likeness (QED) is 0.578. The number of hydrogen-bond donors (Lipinski definition) is 1. The molecule has 3 amide bonds. The van der Waals surface area contributed by atoms with Gasteiger partial charge in [-0.2, -0.15) is 0 Å². The third-order valence-corrected chi connectivity index (χ3v) is 6.33. The monoisotopic (exact) mass is 485 g/mol. The smallest absolute Gasteiger partial charge is 0.291 e. The molecule has 2 heterocycles. The zero-order valence-electron chi connectivity index (χ0n) is 17.8. The Hall–Kier alpha value is -3.29. The molecule has 0 bridgehead atoms. The van der Waals surface area contributed by atoms with Crippen LogP contribution in [0.1, 0.15) is 36.8 Å². The van der Waals surface area contributed by atoms with E-state index in [2.05, 4.69) is 5.32 Å². The summed E-state index contributed by atoms with van der Waals surface area (Å²) in [7, 11) is 0. The number of aryl methyl sites for hydroxylation is 1. The summed E-state index contributed by atoms with van der Waals surface area (Å²) in [5.41, 5.74) is 2.15. The van der Waals surface area contributed by atoms with Gasteiger partial charge in [0.2, 0.25) is 0 Å². The topological polar surface area (TPSA) is 82.9 Å². The summed E-state index contributed by atoms with van der Waals surface area (Å²) in [6.07, 6.45) is 1.42. The Bertz CT molecular complexity index is 1200. The molecular formula is C24H21Cl2N3O4. The molecule has 0 radical (unpaired) electrons. The average Bonchev–Trinajstić information content (AvgIpc) is 3.37. The van der Waals surface area contributed by atoms with E-state index in [9.17, 15) is 14.4 Å². The fourth-order valence-electron chi connectivity index (χ4n) is 3.62. The van der Waals surface area contributed by atoms with Crippen molar-refractivity contribution in [2.75, 3.05) is 31.5 Å². The molecule has 1 saturated heterocycles. The number of furan rings is 1. The molecule has 7 nitrogen and oxygen atoms in total. The van der Waals surface area contributed by atoms with Crippen LogP contribution in [-0.2, 0) is 0 Å². The van der Waals surface area contributed by atoms with Crippen molar-refractivity contribution in [2.45, 2.75) is 6.92 Å². The maximum atomic E-state index is 13.1. The first-order valence-electron chi connectivity index (χ1n) is 10.3. The standard InChI is InChI=1S/C24H21Cl2N3O4/c1-15-7-8-16(14-19(15)27-22(30)20-6-3-13-33-20)23(31)28-9-11-29(12-10-28)24(32)17-4-2-5-18(25)21(17)26/h2-8,13-14H,9-12H2,1H3,(H,27,30). The Morgan fingerprint density at radius 3 is 2.27 bits per heavy atom. The van der Waals surface area contributed by atoms with Gasteiger partial charge in [-0.25, -0.2) is 0 Å². The van der Waals surface area contributed by atoms with Crippen molar-refractivity contribution in [3.8, 4) is 0 Å². The van der Waals surface area contributed by atoms with Crippen LogP contribution in [0.3, 0.4) is 0 Å². The minimum Gasteiger partial charge on any atom is -0.459 e. The predicted octanol–water partition coefficient (Wildman–Crippen LogP) is 4.75. The van der Waals surface area contributed by atoms with E-state index in [1.165, 1.54) is 6.26 Å². The number of carbonyl (C=O) groups is 3. The third-order valence-electron chi connectivity index (χ3n) is 5.51. The summed E-state index contributed by atoms with van der Waals surface area (Å²) in [4.78, 5) is 41.6. The zero-order valence-corrected chi connectivity index (χ0v) is 19.3. The number of nitrogens with one attached hydrogen (secondary N) is 1. The van der Waals surface area contributed by atoms with Gasteiger partial charge in [0.1, 0.15) is 0 Å². The molecular weight excluding hydrogens is 465 g/mol. The Balaban J connectivity index is 1.42. The molecule has 0 aliphatic carbocycles. The largest absolute Gasteiger partial charge is 0.459 e. The number of anilines is 1. The van der Waals surface area contributed by atoms with E-state index < -0.39 is 0 Å². The number of piperazine rings is 1. The molecule has 4 rings (SSSR count). The number of hydrogen-bond acceptors (Lipinski definition) is 4. The number of carbonyl (C=O) groups excluding carboxylic acids is 3. The highest BCUT2D eigenvalue weighted by Crippen LogP contribution is 2.27. The average molecular weight is 486 g/mol. The molecule has 9 heteroatoms. The van der Waals surface area contributed by atoms with Crippen molar-refractivity contribution in [1.29, 1.82) is 0 Å². The van der Waals surface area contributed by atoms with Gasteiger partial charge in [-0.1, -0.05) is 35.3 Å². The van der Waals surface area contributed by atoms with Gasteiger partial charge in [-0.05, 0) is 48.9 Å². The van der Waals surface area contributed by atoms with Crippen molar-refractivity contribution in [3.63, 3.8) is 0 Å². The van der Waals surface area contributed by atoms with E-state index in [-0.39, 0.29) is 28.5 Å². The van der Waals surface area contributed by atoms with E-state index in [0.29, 0.717) is 48.0 Å². The van der Waals surface area contributed by atoms with Crippen LogP contribution in [0.2, 0.25) is 10.0 Å². The Morgan fingerprint density at radius 1 is 0.909 bits per heavy atom. The maximum absolute atomic E-state index is 13.1. The van der Waals surface area contributed by atoms with Gasteiger partial charge in [0.05, 0.1) is 21.9 Å². The Kier molecular flexibility index (Phi) is 6.72. The van der Waals surface area contributed by atoms with Crippen LogP contribution >= 0.6 is 23.2 Å². The van der Waals surface area contributed by atoms with Crippen molar-refractivity contribution >= 4 is 46.6 Å². The van der Waals surface area contributed by atoms with E-state index in [1.54, 1.807) is 58.3 Å². The van der Waals surface area contributed by atoms with Crippen LogP contribution in [0.4, 0.5) is 5.69 Å². The minimum absolute atomic E-state index is 0.170. The first-order valence-corrected chi connectivity index (χ1v) is 11.1. The van der Waals surface area contributed by atoms with Crippen molar-refractivity contribution < 1.29 is 18.8 Å². The van der Waals surface area contributed by atoms with Gasteiger partial charge in [-0.3, -0.25) is 14.4 Å². The normalized spacial score (nSPS) is 13.7. The SMILES string of the molecule is Cc1ccc(C(=O)N2CCN(C(=O)c3cccc(Cl)c3Cl)CC2)cc1NC(=O)c1ccco1. The summed E-state index contributed by atoms with van der Waals surface area (Å²) in [6, 6.07) is 13.3. The molecule has 0 spiro atoms. The molecule has 0 unspecified atom stereocenters. The lowest BCUT2D eigenvalue weighted by Crippen LogP contribution is -2.50. The van der Waals surface area contributed by atoms with Crippen LogP contribution in [0.15, 0.2) is 59.2 Å². The lowest BCUT2D eigenvalue weighted by molar-refractivity contribution is 0.0535. The predicted molar refractivity (Wildman–Crippen MR) is 126 cm³/mol. The molecule has 33 heavy (non-hydrogen) atoms. The molecule has 1 N–H and O–H groups in total. The fourth-order valence-corrected chi connectivity index (χ4v) is 4.00. The van der Waals surface area contributed by atoms with Gasteiger partial charge < -0.3 is 19.5 Å². The highest BCUT2D eigenvalue weighted by atomic mass is 35.5. The second-order valence-electron chi connectivity index (χ2n) is 7.65. The highest BCUT2D eigenvalue weighted by molar-refractivity contribution is 6.43. The molecule has 0 atom stereocenters. The molecule has 3 aromatic rings. The molecule has 0 saturated carbocycles. The number of benzene rings is 2. The van der Waals surface area contributed by atoms with Crippen LogP contribution < -0.4 is 5.32 Å². The van der Waals surface area contributed by atoms with Crippen LogP contribution in [0, 0.1) is 6.92 Å². The first-order chi connectivity index (χ1) is 15.8. The van der Waals surface area contributed by atoms with E-state index in [4.69, 9.17) is 27.6 Å². The van der Waals surface area contributed by atoms with Crippen molar-refractivity contribution in [2.24, 2.45) is 0 Å². The maximum Gasteiger partial charge on any atom is 0.291 e. The lowest BCUT2D eigenvalue weighted by atomic mass is 10.1. The molecule has 2 aromatic carbocycles. The van der Waals surface area contributed by atoms with Crippen molar-refractivity contribution in [3.05, 3.63) is 87.3 Å². The second-order valence-corrected chi connectivity index (χ2v) is 8.43. The van der Waals surface area contributed by atoms with Gasteiger partial charge in [0.25, 0.3) is 17.7 Å². The van der Waals surface area contributed by atoms with Crippen LogP contribution in [0.5, 0.6) is 0 Å². The number of rotatable bonds is 4. The Morgan fingerprint density at radius 2 is 1.61 bits per heavy atom. The van der Waals surface area contributed by atoms with E-state index >= 15 is 0 Å². The lowest BCUT2D eigenvalue weighted by Gasteiger charge is -2.35. The second kappa shape index (κ2) is 9.68.